The Labute approximate surface area is 170 Å². The van der Waals surface area contributed by atoms with Crippen LogP contribution in [0.25, 0.3) is 0 Å². The van der Waals surface area contributed by atoms with Crippen LogP contribution >= 0.6 is 11.3 Å². The van der Waals surface area contributed by atoms with Crippen molar-refractivity contribution in [2.24, 2.45) is 11.8 Å². The second-order valence-electron chi connectivity index (χ2n) is 7.77. The highest BCUT2D eigenvalue weighted by atomic mass is 32.1. The molecule has 1 aromatic rings. The number of ether oxygens (including phenoxy) is 2. The second-order valence-corrected chi connectivity index (χ2v) is 8.87. The summed E-state index contributed by atoms with van der Waals surface area (Å²) in [6, 6.07) is 0. The molecule has 28 heavy (non-hydrogen) atoms. The fraction of sp³-hybridized carbons (Fsp3) is 0.667. The van der Waals surface area contributed by atoms with Crippen molar-refractivity contribution >= 4 is 34.2 Å². The first-order valence-corrected chi connectivity index (χ1v) is 11.1. The number of amides is 1. The van der Waals surface area contributed by atoms with Gasteiger partial charge in [-0.3, -0.25) is 9.59 Å². The number of rotatable bonds is 6. The summed E-state index contributed by atoms with van der Waals surface area (Å²) in [4.78, 5) is 38.1. The molecule has 1 saturated carbocycles. The number of hydrogen-bond acceptors (Lipinski definition) is 6. The quantitative estimate of drug-likeness (QED) is 0.718. The molecule has 2 aliphatic carbocycles. The van der Waals surface area contributed by atoms with Crippen LogP contribution in [0.2, 0.25) is 0 Å². The predicted octanol–water partition coefficient (Wildman–Crippen LogP) is 4.11. The zero-order valence-corrected chi connectivity index (χ0v) is 17.5. The molecule has 1 heterocycles. The van der Waals surface area contributed by atoms with E-state index in [0.717, 1.165) is 61.8 Å². The highest BCUT2D eigenvalue weighted by molar-refractivity contribution is 7.17. The Morgan fingerprint density at radius 2 is 1.86 bits per heavy atom. The lowest BCUT2D eigenvalue weighted by Crippen LogP contribution is -2.26. The van der Waals surface area contributed by atoms with E-state index in [-0.39, 0.29) is 25.1 Å². The van der Waals surface area contributed by atoms with E-state index in [1.54, 1.807) is 6.92 Å². The average Bonchev–Trinajstić information content (AvgIpc) is 3.03. The van der Waals surface area contributed by atoms with Gasteiger partial charge in [-0.1, -0.05) is 26.2 Å². The molecule has 0 radical (unpaired) electrons. The molecule has 1 unspecified atom stereocenters. The van der Waals surface area contributed by atoms with Crippen LogP contribution in [0.4, 0.5) is 5.00 Å². The lowest BCUT2D eigenvalue weighted by molar-refractivity contribution is -0.152. The Morgan fingerprint density at radius 1 is 1.11 bits per heavy atom. The summed E-state index contributed by atoms with van der Waals surface area (Å²) in [5.74, 6) is -0.640. The molecule has 1 aromatic heterocycles. The Kier molecular flexibility index (Phi) is 7.10. The third-order valence-electron chi connectivity index (χ3n) is 5.53. The topological polar surface area (TPSA) is 81.7 Å². The lowest BCUT2D eigenvalue weighted by atomic mass is 9.88. The Balaban J connectivity index is 1.66. The minimum atomic E-state index is -0.415. The summed E-state index contributed by atoms with van der Waals surface area (Å²) >= 11 is 1.44. The third-order valence-corrected chi connectivity index (χ3v) is 6.70. The van der Waals surface area contributed by atoms with Crippen LogP contribution in [0.1, 0.15) is 73.2 Å². The van der Waals surface area contributed by atoms with E-state index in [2.05, 4.69) is 12.2 Å². The summed E-state index contributed by atoms with van der Waals surface area (Å²) in [7, 11) is 0. The summed E-state index contributed by atoms with van der Waals surface area (Å²) in [6.45, 7) is 3.92. The van der Waals surface area contributed by atoms with E-state index in [4.69, 9.17) is 9.47 Å². The number of hydrogen-bond donors (Lipinski definition) is 1. The van der Waals surface area contributed by atoms with Gasteiger partial charge in [0.2, 0.25) is 0 Å². The van der Waals surface area contributed by atoms with Crippen LogP contribution in [-0.4, -0.2) is 31.1 Å². The monoisotopic (exact) mass is 407 g/mol. The smallest absolute Gasteiger partial charge is 0.341 e. The van der Waals surface area contributed by atoms with Crippen LogP contribution < -0.4 is 5.32 Å². The van der Waals surface area contributed by atoms with Gasteiger partial charge < -0.3 is 14.8 Å². The molecule has 1 amide bonds. The van der Waals surface area contributed by atoms with E-state index in [1.807, 2.05) is 0 Å². The van der Waals surface area contributed by atoms with Gasteiger partial charge in [0.1, 0.15) is 5.00 Å². The molecule has 0 spiro atoms. The van der Waals surface area contributed by atoms with E-state index in [1.165, 1.54) is 11.3 Å². The van der Waals surface area contributed by atoms with Gasteiger partial charge >= 0.3 is 11.9 Å². The fourth-order valence-corrected chi connectivity index (χ4v) is 5.43. The summed E-state index contributed by atoms with van der Waals surface area (Å²) in [5.41, 5.74) is 1.47. The molecule has 1 atom stereocenters. The summed E-state index contributed by atoms with van der Waals surface area (Å²) < 4.78 is 10.4. The van der Waals surface area contributed by atoms with E-state index < -0.39 is 11.9 Å². The Morgan fingerprint density at radius 3 is 2.57 bits per heavy atom. The van der Waals surface area contributed by atoms with Crippen molar-refractivity contribution in [1.29, 1.82) is 0 Å². The number of carbonyl (C=O) groups is 3. The first-order valence-electron chi connectivity index (χ1n) is 10.3. The Hall–Kier alpha value is -1.89. The minimum Gasteiger partial charge on any atom is -0.462 e. The molecule has 3 rings (SSSR count). The van der Waals surface area contributed by atoms with Crippen LogP contribution in [0.5, 0.6) is 0 Å². The Bertz CT molecular complexity index is 735. The molecule has 1 fully saturated rings. The van der Waals surface area contributed by atoms with Crippen molar-refractivity contribution in [3.8, 4) is 0 Å². The van der Waals surface area contributed by atoms with Gasteiger partial charge in [0.25, 0.3) is 5.91 Å². The fourth-order valence-electron chi connectivity index (χ4n) is 4.01. The number of anilines is 1. The molecule has 1 N–H and O–H groups in total. The zero-order chi connectivity index (χ0) is 20.1. The number of thiophene rings is 1. The summed E-state index contributed by atoms with van der Waals surface area (Å²) in [6.07, 6.45) is 7.63. The van der Waals surface area contributed by atoms with E-state index >= 15 is 0 Å². The minimum absolute atomic E-state index is 0.0906. The first kappa shape index (κ1) is 20.8. The molecule has 0 aliphatic heterocycles. The highest BCUT2D eigenvalue weighted by Gasteiger charge is 2.29. The maximum Gasteiger partial charge on any atom is 0.341 e. The maximum absolute atomic E-state index is 12.5. The van der Waals surface area contributed by atoms with Gasteiger partial charge in [-0.05, 0) is 50.5 Å². The largest absolute Gasteiger partial charge is 0.462 e. The zero-order valence-electron chi connectivity index (χ0n) is 16.7. The number of carbonyl (C=O) groups excluding carboxylic acids is 3. The normalized spacial score (nSPS) is 19.6. The number of esters is 2. The van der Waals surface area contributed by atoms with Gasteiger partial charge in [-0.15, -0.1) is 11.3 Å². The third kappa shape index (κ3) is 4.93. The standard InChI is InChI=1S/C21H29NO5S/c1-3-26-21(25)18-15-10-9-13(2)11-16(15)28-19(18)22-17(23)12-27-20(24)14-7-5-4-6-8-14/h13-14H,3-12H2,1-2H3,(H,22,23). The lowest BCUT2D eigenvalue weighted by Gasteiger charge is -2.19. The van der Waals surface area contributed by atoms with Crippen molar-refractivity contribution in [3.05, 3.63) is 16.0 Å². The molecule has 7 heteroatoms. The SMILES string of the molecule is CCOC(=O)c1c(NC(=O)COC(=O)C2CCCCC2)sc2c1CCC(C)C2. The summed E-state index contributed by atoms with van der Waals surface area (Å²) in [5, 5.41) is 3.29. The van der Waals surface area contributed by atoms with Gasteiger partial charge in [-0.25, -0.2) is 4.79 Å². The number of fused-ring (bicyclic) bond motifs is 1. The van der Waals surface area contributed by atoms with Crippen molar-refractivity contribution in [1.82, 2.24) is 0 Å². The van der Waals surface area contributed by atoms with E-state index in [9.17, 15) is 14.4 Å². The van der Waals surface area contributed by atoms with Crippen molar-refractivity contribution < 1.29 is 23.9 Å². The van der Waals surface area contributed by atoms with Crippen molar-refractivity contribution in [2.75, 3.05) is 18.5 Å². The molecular weight excluding hydrogens is 378 g/mol. The molecule has 0 aromatic carbocycles. The first-order chi connectivity index (χ1) is 13.5. The second kappa shape index (κ2) is 9.54. The van der Waals surface area contributed by atoms with Crippen LogP contribution in [0, 0.1) is 11.8 Å². The van der Waals surface area contributed by atoms with Gasteiger partial charge in [0, 0.05) is 4.88 Å². The van der Waals surface area contributed by atoms with Crippen molar-refractivity contribution in [2.45, 2.75) is 65.2 Å². The molecule has 0 bridgehead atoms. The highest BCUT2D eigenvalue weighted by Crippen LogP contribution is 2.40. The average molecular weight is 408 g/mol. The molecule has 2 aliphatic rings. The van der Waals surface area contributed by atoms with Crippen LogP contribution in [0.15, 0.2) is 0 Å². The van der Waals surface area contributed by atoms with Crippen LogP contribution in [0.3, 0.4) is 0 Å². The predicted molar refractivity (Wildman–Crippen MR) is 108 cm³/mol. The maximum atomic E-state index is 12.5. The van der Waals surface area contributed by atoms with E-state index in [0.29, 0.717) is 16.5 Å². The van der Waals surface area contributed by atoms with Gasteiger partial charge in [0.05, 0.1) is 18.1 Å². The molecule has 6 nitrogen and oxygen atoms in total. The molecular formula is C21H29NO5S. The number of nitrogens with one attached hydrogen (secondary N) is 1. The van der Waals surface area contributed by atoms with Gasteiger partial charge in [0.15, 0.2) is 6.61 Å². The van der Waals surface area contributed by atoms with Gasteiger partial charge in [-0.2, -0.15) is 0 Å². The van der Waals surface area contributed by atoms with Crippen LogP contribution in [-0.2, 0) is 31.9 Å². The molecule has 0 saturated heterocycles. The molecule has 154 valence electrons. The van der Waals surface area contributed by atoms with Crippen molar-refractivity contribution in [3.63, 3.8) is 0 Å².